The average Bonchev–Trinajstić information content (AvgIpc) is 3.02. The van der Waals surface area contributed by atoms with Crippen molar-refractivity contribution in [1.82, 2.24) is 15.0 Å². The van der Waals surface area contributed by atoms with Gasteiger partial charge in [-0.3, -0.25) is 0 Å². The number of aryl methyl sites for hydroxylation is 1. The number of methoxy groups -OCH3 is 1. The van der Waals surface area contributed by atoms with Gasteiger partial charge < -0.3 is 15.2 Å². The molecule has 6 nitrogen and oxygen atoms in total. The minimum atomic E-state index is -0.586. The van der Waals surface area contributed by atoms with Gasteiger partial charge in [-0.15, -0.1) is 21.8 Å². The molecule has 0 saturated heterocycles. The minimum absolute atomic E-state index is 0.196. The first-order valence-corrected chi connectivity index (χ1v) is 8.14. The third kappa shape index (κ3) is 3.44. The summed E-state index contributed by atoms with van der Waals surface area (Å²) < 4.78 is 5.16. The maximum atomic E-state index is 9.58. The van der Waals surface area contributed by atoms with Crippen LogP contribution in [0.5, 0.6) is 5.75 Å². The minimum Gasteiger partial charge on any atom is -0.497 e. The molecule has 1 aromatic heterocycles. The summed E-state index contributed by atoms with van der Waals surface area (Å²) in [6.07, 6.45) is -0.586. The van der Waals surface area contributed by atoms with Crippen molar-refractivity contribution in [2.45, 2.75) is 13.0 Å². The Morgan fingerprint density at radius 2 is 1.88 bits per heavy atom. The molecule has 1 unspecified atom stereocenters. The van der Waals surface area contributed by atoms with Crippen LogP contribution in [0.4, 0.5) is 5.69 Å². The number of aliphatic hydroxyl groups excluding tert-OH is 1. The number of hydrogen-bond acceptors (Lipinski definition) is 5. The lowest BCUT2D eigenvalue weighted by atomic mass is 10.1. The normalized spacial score (nSPS) is 12.3. The topological polar surface area (TPSA) is 72.2 Å². The molecule has 0 saturated carbocycles. The summed E-state index contributed by atoms with van der Waals surface area (Å²) in [6, 6.07) is 11.4. The molecule has 3 aromatic rings. The van der Waals surface area contributed by atoms with E-state index in [0.29, 0.717) is 6.54 Å². The molecule has 0 aliphatic heterocycles. The molecule has 0 amide bonds. The van der Waals surface area contributed by atoms with Crippen LogP contribution in [0, 0.1) is 6.92 Å². The van der Waals surface area contributed by atoms with E-state index in [1.165, 1.54) is 0 Å². The van der Waals surface area contributed by atoms with Gasteiger partial charge in [-0.25, -0.2) is 0 Å². The number of rotatable bonds is 6. The zero-order chi connectivity index (χ0) is 17.1. The summed E-state index contributed by atoms with van der Waals surface area (Å²) in [7, 11) is 1.63. The van der Waals surface area contributed by atoms with Crippen molar-refractivity contribution in [2.75, 3.05) is 24.9 Å². The van der Waals surface area contributed by atoms with Crippen molar-refractivity contribution in [3.63, 3.8) is 0 Å². The van der Waals surface area contributed by atoms with Crippen molar-refractivity contribution < 1.29 is 9.84 Å². The van der Waals surface area contributed by atoms with Crippen LogP contribution >= 0.6 is 11.6 Å². The third-order valence-electron chi connectivity index (χ3n) is 3.74. The second-order valence-electron chi connectivity index (χ2n) is 5.53. The molecule has 24 heavy (non-hydrogen) atoms. The predicted octanol–water partition coefficient (Wildman–Crippen LogP) is 2.75. The zero-order valence-electron chi connectivity index (χ0n) is 13.5. The molecular formula is C17H19ClN4O2. The Balaban J connectivity index is 1.89. The van der Waals surface area contributed by atoms with Gasteiger partial charge in [0.15, 0.2) is 0 Å². The number of nitrogens with one attached hydrogen (secondary N) is 1. The highest BCUT2D eigenvalue weighted by atomic mass is 35.5. The fourth-order valence-corrected chi connectivity index (χ4v) is 2.48. The van der Waals surface area contributed by atoms with Gasteiger partial charge in [0.25, 0.3) is 0 Å². The monoisotopic (exact) mass is 346 g/mol. The summed E-state index contributed by atoms with van der Waals surface area (Å²) >= 11 is 5.62. The van der Waals surface area contributed by atoms with E-state index in [1.54, 1.807) is 11.9 Å². The van der Waals surface area contributed by atoms with Crippen molar-refractivity contribution in [2.24, 2.45) is 0 Å². The molecule has 0 fully saturated rings. The smallest absolute Gasteiger partial charge is 0.119 e. The fourth-order valence-electron chi connectivity index (χ4n) is 2.37. The van der Waals surface area contributed by atoms with Crippen LogP contribution < -0.4 is 10.1 Å². The van der Waals surface area contributed by atoms with Crippen molar-refractivity contribution in [3.8, 4) is 11.4 Å². The van der Waals surface area contributed by atoms with Crippen molar-refractivity contribution >= 4 is 28.3 Å². The zero-order valence-corrected chi connectivity index (χ0v) is 14.3. The predicted molar refractivity (Wildman–Crippen MR) is 95.4 cm³/mol. The van der Waals surface area contributed by atoms with Crippen LogP contribution in [0.15, 0.2) is 36.4 Å². The Morgan fingerprint density at radius 3 is 2.50 bits per heavy atom. The summed E-state index contributed by atoms with van der Waals surface area (Å²) in [5.41, 5.74) is 4.39. The summed E-state index contributed by atoms with van der Waals surface area (Å²) in [4.78, 5) is 1.60. The maximum Gasteiger partial charge on any atom is 0.119 e. The van der Waals surface area contributed by atoms with Crippen molar-refractivity contribution in [1.29, 1.82) is 0 Å². The fraction of sp³-hybridized carbons (Fsp3) is 0.294. The molecule has 0 aliphatic rings. The number of aromatic nitrogens is 3. The van der Waals surface area contributed by atoms with Gasteiger partial charge in [0.1, 0.15) is 16.8 Å². The van der Waals surface area contributed by atoms with E-state index >= 15 is 0 Å². The Hall–Kier alpha value is -2.31. The number of benzene rings is 2. The van der Waals surface area contributed by atoms with Crippen LogP contribution in [0.25, 0.3) is 16.7 Å². The maximum absolute atomic E-state index is 9.58. The molecule has 126 valence electrons. The lowest BCUT2D eigenvalue weighted by molar-refractivity contribution is 0.211. The standard InChI is InChI=1S/C17H19ClN4O2/c1-11-7-16-17(8-15(11)19-10-13(23)9-18)21-22(20-16)12-3-5-14(24-2)6-4-12/h3-8,13,19,23H,9-10H2,1-2H3. The van der Waals surface area contributed by atoms with Gasteiger partial charge in [0, 0.05) is 12.2 Å². The highest BCUT2D eigenvalue weighted by Gasteiger charge is 2.10. The summed E-state index contributed by atoms with van der Waals surface area (Å²) in [5.74, 6) is 0.984. The first-order valence-electron chi connectivity index (χ1n) is 7.60. The van der Waals surface area contributed by atoms with E-state index in [0.717, 1.165) is 33.7 Å². The number of ether oxygens (including phenoxy) is 1. The van der Waals surface area contributed by atoms with Crippen LogP contribution in [0.2, 0.25) is 0 Å². The Kier molecular flexibility index (Phi) is 4.87. The largest absolute Gasteiger partial charge is 0.497 e. The quantitative estimate of drug-likeness (QED) is 0.671. The van der Waals surface area contributed by atoms with Gasteiger partial charge in [0.05, 0.1) is 24.8 Å². The molecule has 0 radical (unpaired) electrons. The van der Waals surface area contributed by atoms with Gasteiger partial charge in [-0.1, -0.05) is 0 Å². The Labute approximate surface area is 145 Å². The third-order valence-corrected chi connectivity index (χ3v) is 4.09. The highest BCUT2D eigenvalue weighted by Crippen LogP contribution is 2.22. The molecule has 2 aromatic carbocycles. The number of halogens is 1. The van der Waals surface area contributed by atoms with E-state index in [1.807, 2.05) is 43.3 Å². The molecule has 0 bridgehead atoms. The second kappa shape index (κ2) is 7.07. The van der Waals surface area contributed by atoms with Crippen molar-refractivity contribution in [3.05, 3.63) is 42.0 Å². The molecular weight excluding hydrogens is 328 g/mol. The summed E-state index contributed by atoms with van der Waals surface area (Å²) in [6.45, 7) is 2.38. The van der Waals surface area contributed by atoms with Crippen LogP contribution in [-0.2, 0) is 0 Å². The summed E-state index contributed by atoms with van der Waals surface area (Å²) in [5, 5.41) is 21.8. The number of aliphatic hydroxyl groups is 1. The van der Waals surface area contributed by atoms with Crippen LogP contribution in [0.3, 0.4) is 0 Å². The van der Waals surface area contributed by atoms with Gasteiger partial charge in [0.2, 0.25) is 0 Å². The number of nitrogens with zero attached hydrogens (tertiary/aromatic N) is 3. The number of hydrogen-bond donors (Lipinski definition) is 2. The second-order valence-corrected chi connectivity index (χ2v) is 5.84. The Bertz CT molecular complexity index is 832. The number of anilines is 1. The number of alkyl halides is 1. The molecule has 0 spiro atoms. The van der Waals surface area contributed by atoms with E-state index in [2.05, 4.69) is 15.5 Å². The molecule has 1 heterocycles. The molecule has 7 heteroatoms. The number of fused-ring (bicyclic) bond motifs is 1. The molecule has 1 atom stereocenters. The van der Waals surface area contributed by atoms with Crippen LogP contribution in [0.1, 0.15) is 5.56 Å². The molecule has 3 rings (SSSR count). The average molecular weight is 347 g/mol. The molecule has 2 N–H and O–H groups in total. The van der Waals surface area contributed by atoms with E-state index < -0.39 is 6.10 Å². The SMILES string of the molecule is COc1ccc(-n2nc3cc(C)c(NCC(O)CCl)cc3n2)cc1. The highest BCUT2D eigenvalue weighted by molar-refractivity contribution is 6.18. The molecule has 0 aliphatic carbocycles. The van der Waals surface area contributed by atoms with Gasteiger partial charge in [-0.2, -0.15) is 4.80 Å². The van der Waals surface area contributed by atoms with E-state index in [9.17, 15) is 5.11 Å². The van der Waals surface area contributed by atoms with Gasteiger partial charge >= 0.3 is 0 Å². The Morgan fingerprint density at radius 1 is 1.21 bits per heavy atom. The first-order chi connectivity index (χ1) is 11.6. The van der Waals surface area contributed by atoms with Crippen LogP contribution in [-0.4, -0.2) is 45.7 Å². The van der Waals surface area contributed by atoms with E-state index in [4.69, 9.17) is 16.3 Å². The first kappa shape index (κ1) is 16.5. The van der Waals surface area contributed by atoms with E-state index in [-0.39, 0.29) is 5.88 Å². The lowest BCUT2D eigenvalue weighted by Gasteiger charge is -2.11. The van der Waals surface area contributed by atoms with Gasteiger partial charge in [-0.05, 0) is 48.9 Å². The lowest BCUT2D eigenvalue weighted by Crippen LogP contribution is -2.21.